The number of ether oxygens (including phenoxy) is 1. The van der Waals surface area contributed by atoms with Gasteiger partial charge in [0.05, 0.1) is 6.10 Å². The van der Waals surface area contributed by atoms with Gasteiger partial charge in [0.25, 0.3) is 0 Å². The van der Waals surface area contributed by atoms with Gasteiger partial charge in [-0.2, -0.15) is 0 Å². The maximum atomic E-state index is 5.91. The Morgan fingerprint density at radius 1 is 1.37 bits per heavy atom. The predicted molar refractivity (Wildman–Crippen MR) is 77.2 cm³/mol. The van der Waals surface area contributed by atoms with Crippen LogP contribution in [0.25, 0.3) is 11.0 Å². The van der Waals surface area contributed by atoms with Gasteiger partial charge in [0.2, 0.25) is 0 Å². The molecule has 4 heteroatoms. The number of nitrogens with two attached hydrogens (primary N) is 1. The Balaban J connectivity index is 2.27. The molecule has 2 rings (SSSR count). The molecule has 4 nitrogen and oxygen atoms in total. The van der Waals surface area contributed by atoms with Gasteiger partial charge >= 0.3 is 0 Å². The van der Waals surface area contributed by atoms with Crippen molar-refractivity contribution in [1.29, 1.82) is 0 Å². The van der Waals surface area contributed by atoms with E-state index in [0.717, 1.165) is 28.8 Å². The van der Waals surface area contributed by atoms with E-state index in [1.165, 1.54) is 0 Å². The summed E-state index contributed by atoms with van der Waals surface area (Å²) in [5.41, 5.74) is 7.97. The van der Waals surface area contributed by atoms with Gasteiger partial charge in [-0.25, -0.2) is 0 Å². The number of fused-ring (bicyclic) bond motifs is 1. The van der Waals surface area contributed by atoms with E-state index in [-0.39, 0.29) is 12.1 Å². The van der Waals surface area contributed by atoms with Gasteiger partial charge in [0, 0.05) is 37.2 Å². The highest BCUT2D eigenvalue weighted by Crippen LogP contribution is 2.29. The fraction of sp³-hybridized carbons (Fsp3) is 0.467. The summed E-state index contributed by atoms with van der Waals surface area (Å²) in [4.78, 5) is 0. The lowest BCUT2D eigenvalue weighted by Crippen LogP contribution is -2.34. The van der Waals surface area contributed by atoms with Crippen LogP contribution in [0.2, 0.25) is 0 Å². The third kappa shape index (κ3) is 2.97. The van der Waals surface area contributed by atoms with E-state index >= 15 is 0 Å². The molecule has 2 aromatic rings. The van der Waals surface area contributed by atoms with Crippen molar-refractivity contribution >= 4 is 11.0 Å². The summed E-state index contributed by atoms with van der Waals surface area (Å²) in [5, 5.41) is 4.58. The van der Waals surface area contributed by atoms with E-state index < -0.39 is 0 Å². The lowest BCUT2D eigenvalue weighted by atomic mass is 10.0. The number of nitrogens with one attached hydrogen (secondary N) is 1. The second-order valence-electron chi connectivity index (χ2n) is 4.81. The molecule has 1 aromatic heterocycles. The average molecular weight is 262 g/mol. The molecule has 0 saturated heterocycles. The van der Waals surface area contributed by atoms with Crippen molar-refractivity contribution in [2.24, 2.45) is 5.73 Å². The molecular weight excluding hydrogens is 240 g/mol. The molecular formula is C15H22N2O2. The molecule has 0 aliphatic carbocycles. The quantitative estimate of drug-likeness (QED) is 0.839. The highest BCUT2D eigenvalue weighted by molar-refractivity contribution is 5.82. The van der Waals surface area contributed by atoms with Crippen LogP contribution >= 0.6 is 0 Å². The van der Waals surface area contributed by atoms with E-state index in [0.29, 0.717) is 6.54 Å². The van der Waals surface area contributed by atoms with E-state index in [9.17, 15) is 0 Å². The third-order valence-corrected chi connectivity index (χ3v) is 3.46. The number of furan rings is 1. The van der Waals surface area contributed by atoms with Crippen LogP contribution in [-0.2, 0) is 4.74 Å². The Morgan fingerprint density at radius 3 is 2.79 bits per heavy atom. The Hall–Kier alpha value is -1.36. The molecule has 2 unspecified atom stereocenters. The summed E-state index contributed by atoms with van der Waals surface area (Å²) in [7, 11) is 1.71. The molecule has 1 aromatic carbocycles. The normalized spacial score (nSPS) is 14.7. The van der Waals surface area contributed by atoms with Crippen LogP contribution in [0.4, 0.5) is 0 Å². The highest BCUT2D eigenvalue weighted by atomic mass is 16.5. The molecule has 0 spiro atoms. The van der Waals surface area contributed by atoms with E-state index in [4.69, 9.17) is 14.9 Å². The fourth-order valence-electron chi connectivity index (χ4n) is 2.32. The lowest BCUT2D eigenvalue weighted by Gasteiger charge is -2.19. The average Bonchev–Trinajstić information content (AvgIpc) is 2.76. The number of hydrogen-bond acceptors (Lipinski definition) is 4. The van der Waals surface area contributed by atoms with Gasteiger partial charge in [-0.15, -0.1) is 0 Å². The maximum absolute atomic E-state index is 5.91. The zero-order chi connectivity index (χ0) is 13.8. The smallest absolute Gasteiger partial charge is 0.134 e. The summed E-state index contributed by atoms with van der Waals surface area (Å²) in [6, 6.07) is 8.14. The van der Waals surface area contributed by atoms with Crippen molar-refractivity contribution in [2.75, 3.05) is 20.2 Å². The molecule has 2 atom stereocenters. The van der Waals surface area contributed by atoms with Crippen LogP contribution in [-0.4, -0.2) is 26.3 Å². The molecule has 3 N–H and O–H groups in total. The zero-order valence-electron chi connectivity index (χ0n) is 11.8. The van der Waals surface area contributed by atoms with Gasteiger partial charge in [0.15, 0.2) is 0 Å². The standard InChI is InChI=1S/C15H22N2O2/c1-10(18-3)9-17-13(8-16)15-11(2)19-14-7-5-4-6-12(14)15/h4-7,10,13,17H,8-9,16H2,1-3H3. The molecule has 0 bridgehead atoms. The monoisotopic (exact) mass is 262 g/mol. The summed E-state index contributed by atoms with van der Waals surface area (Å²) in [5.74, 6) is 0.925. The highest BCUT2D eigenvalue weighted by Gasteiger charge is 2.19. The SMILES string of the molecule is COC(C)CNC(CN)c1c(C)oc2ccccc12. The zero-order valence-corrected chi connectivity index (χ0v) is 11.8. The first-order chi connectivity index (χ1) is 9.17. The number of rotatable bonds is 6. The molecule has 19 heavy (non-hydrogen) atoms. The molecule has 0 radical (unpaired) electrons. The van der Waals surface area contributed by atoms with Gasteiger partial charge < -0.3 is 20.2 Å². The molecule has 0 aliphatic heterocycles. The van der Waals surface area contributed by atoms with Crippen LogP contribution in [0, 0.1) is 6.92 Å². The Kier molecular flexibility index (Phi) is 4.58. The molecule has 1 heterocycles. The van der Waals surface area contributed by atoms with Crippen LogP contribution < -0.4 is 11.1 Å². The van der Waals surface area contributed by atoms with Crippen molar-refractivity contribution in [1.82, 2.24) is 5.32 Å². The summed E-state index contributed by atoms with van der Waals surface area (Å²) >= 11 is 0. The predicted octanol–water partition coefficient (Wildman–Crippen LogP) is 2.37. The van der Waals surface area contributed by atoms with Crippen LogP contribution in [0.15, 0.2) is 28.7 Å². The number of para-hydroxylation sites is 1. The summed E-state index contributed by atoms with van der Waals surface area (Å²) in [6.45, 7) is 5.30. The molecule has 0 fully saturated rings. The summed E-state index contributed by atoms with van der Waals surface area (Å²) in [6.07, 6.45) is 0.160. The number of hydrogen-bond donors (Lipinski definition) is 2. The molecule has 0 aliphatic rings. The van der Waals surface area contributed by atoms with Gasteiger partial charge in [-0.3, -0.25) is 0 Å². The van der Waals surface area contributed by atoms with Crippen molar-refractivity contribution in [2.45, 2.75) is 26.0 Å². The summed E-state index contributed by atoms with van der Waals surface area (Å²) < 4.78 is 11.0. The molecule has 104 valence electrons. The van der Waals surface area contributed by atoms with Gasteiger partial charge in [-0.05, 0) is 19.9 Å². The number of aryl methyl sites for hydroxylation is 1. The lowest BCUT2D eigenvalue weighted by molar-refractivity contribution is 0.114. The third-order valence-electron chi connectivity index (χ3n) is 3.46. The first-order valence-corrected chi connectivity index (χ1v) is 6.61. The van der Waals surface area contributed by atoms with E-state index in [1.807, 2.05) is 32.0 Å². The van der Waals surface area contributed by atoms with Crippen LogP contribution in [0.1, 0.15) is 24.3 Å². The van der Waals surface area contributed by atoms with Gasteiger partial charge in [-0.1, -0.05) is 18.2 Å². The first kappa shape index (κ1) is 14.1. The Labute approximate surface area is 113 Å². The van der Waals surface area contributed by atoms with Crippen molar-refractivity contribution in [3.63, 3.8) is 0 Å². The van der Waals surface area contributed by atoms with Crippen LogP contribution in [0.5, 0.6) is 0 Å². The van der Waals surface area contributed by atoms with E-state index in [1.54, 1.807) is 7.11 Å². The molecule has 0 amide bonds. The maximum Gasteiger partial charge on any atom is 0.134 e. The minimum atomic E-state index is 0.0845. The topological polar surface area (TPSA) is 60.4 Å². The second kappa shape index (κ2) is 6.19. The van der Waals surface area contributed by atoms with Crippen molar-refractivity contribution < 1.29 is 9.15 Å². The van der Waals surface area contributed by atoms with Crippen molar-refractivity contribution in [3.8, 4) is 0 Å². The minimum absolute atomic E-state index is 0.0845. The first-order valence-electron chi connectivity index (χ1n) is 6.61. The number of methoxy groups -OCH3 is 1. The Morgan fingerprint density at radius 2 is 2.11 bits per heavy atom. The fourth-order valence-corrected chi connectivity index (χ4v) is 2.32. The minimum Gasteiger partial charge on any atom is -0.461 e. The van der Waals surface area contributed by atoms with E-state index in [2.05, 4.69) is 11.4 Å². The van der Waals surface area contributed by atoms with Gasteiger partial charge in [0.1, 0.15) is 11.3 Å². The largest absolute Gasteiger partial charge is 0.461 e. The van der Waals surface area contributed by atoms with Crippen molar-refractivity contribution in [3.05, 3.63) is 35.6 Å². The second-order valence-corrected chi connectivity index (χ2v) is 4.81. The Bertz CT molecular complexity index is 536. The number of benzene rings is 1. The van der Waals surface area contributed by atoms with Crippen LogP contribution in [0.3, 0.4) is 0 Å². The molecule has 0 saturated carbocycles.